The van der Waals surface area contributed by atoms with E-state index in [1.807, 2.05) is 32.0 Å². The van der Waals surface area contributed by atoms with Gasteiger partial charge < -0.3 is 4.74 Å². The second-order valence-corrected chi connectivity index (χ2v) is 13.1. The van der Waals surface area contributed by atoms with Gasteiger partial charge in [-0.25, -0.2) is 0 Å². The molecule has 0 saturated heterocycles. The van der Waals surface area contributed by atoms with Crippen LogP contribution in [-0.4, -0.2) is 32.3 Å². The number of aldehydes is 1. The third kappa shape index (κ3) is 3.79. The van der Waals surface area contributed by atoms with Crippen molar-refractivity contribution in [3.05, 3.63) is 62.1 Å². The largest absolute Gasteiger partial charge is 0.484 e. The van der Waals surface area contributed by atoms with Crippen LogP contribution < -0.4 is 4.74 Å². The Morgan fingerprint density at radius 1 is 1.17 bits per heavy atom. The number of ketones is 1. The molecular weight excluding hydrogens is 556 g/mol. The Morgan fingerprint density at radius 3 is 2.60 bits per heavy atom. The summed E-state index contributed by atoms with van der Waals surface area (Å²) in [4.78, 5) is 25.8. The summed E-state index contributed by atoms with van der Waals surface area (Å²) in [5.74, 6) is -0.787. The first kappa shape index (κ1) is 24.9. The number of rotatable bonds is 6. The number of hydrogen-bond acceptors (Lipinski definition) is 6. The maximum atomic E-state index is 13.8. The van der Waals surface area contributed by atoms with E-state index in [-0.39, 0.29) is 22.8 Å². The fourth-order valence-corrected chi connectivity index (χ4v) is 8.19. The van der Waals surface area contributed by atoms with Crippen LogP contribution in [-0.2, 0) is 25.5 Å². The van der Waals surface area contributed by atoms with E-state index in [2.05, 4.69) is 15.9 Å². The van der Waals surface area contributed by atoms with Crippen molar-refractivity contribution < 1.29 is 26.9 Å². The highest BCUT2D eigenvalue weighted by Crippen LogP contribution is 2.66. The van der Waals surface area contributed by atoms with Crippen LogP contribution in [0.4, 0.5) is 0 Å². The molecule has 2 aromatic carbocycles. The van der Waals surface area contributed by atoms with Crippen LogP contribution in [0.15, 0.2) is 34.8 Å². The summed E-state index contributed by atoms with van der Waals surface area (Å²) in [6.07, 6.45) is 4.03. The van der Waals surface area contributed by atoms with Gasteiger partial charge >= 0.3 is 0 Å². The Kier molecular flexibility index (Phi) is 5.98. The molecular formula is C26H26BrClO6S. The predicted octanol–water partition coefficient (Wildman–Crippen LogP) is 5.80. The summed E-state index contributed by atoms with van der Waals surface area (Å²) in [7, 11) is -3.88. The van der Waals surface area contributed by atoms with E-state index >= 15 is 0 Å². The van der Waals surface area contributed by atoms with Gasteiger partial charge in [0.15, 0.2) is 11.4 Å². The number of halogens is 2. The van der Waals surface area contributed by atoms with Gasteiger partial charge in [-0.1, -0.05) is 53.5 Å². The molecule has 2 saturated carbocycles. The zero-order valence-corrected chi connectivity index (χ0v) is 22.8. The molecule has 9 heteroatoms. The van der Waals surface area contributed by atoms with Gasteiger partial charge in [0.05, 0.1) is 17.2 Å². The molecule has 2 bridgehead atoms. The molecule has 0 aliphatic heterocycles. The molecule has 0 N–H and O–H groups in total. The molecule has 1 unspecified atom stereocenters. The fourth-order valence-electron chi connectivity index (χ4n) is 6.50. The molecule has 0 heterocycles. The van der Waals surface area contributed by atoms with Crippen molar-refractivity contribution in [1.29, 1.82) is 0 Å². The van der Waals surface area contributed by atoms with E-state index in [4.69, 9.17) is 20.5 Å². The summed E-state index contributed by atoms with van der Waals surface area (Å²) in [6.45, 7) is 3.74. The molecule has 5 rings (SSSR count). The standard InChI is InChI=1S/C26H26BrClO6S/c1-25(2)18-9-10-26(25,34-35(3,31)32)24(30)23(18)17-12-22(20(28)11-14(17)13-29)33-21-8-7-15-16(21)5-4-6-19(15)27/h4-6,11-13,18,21,23H,7-10H2,1-3H3/t18-,21+,23?,26-/m1/s1. The summed E-state index contributed by atoms with van der Waals surface area (Å²) in [6, 6.07) is 9.22. The molecule has 2 fully saturated rings. The summed E-state index contributed by atoms with van der Waals surface area (Å²) in [5.41, 5.74) is 0.905. The molecule has 186 valence electrons. The highest BCUT2D eigenvalue weighted by atomic mass is 79.9. The van der Waals surface area contributed by atoms with E-state index in [0.29, 0.717) is 36.0 Å². The van der Waals surface area contributed by atoms with Crippen molar-refractivity contribution >= 4 is 49.7 Å². The van der Waals surface area contributed by atoms with Crippen molar-refractivity contribution in [3.8, 4) is 5.75 Å². The number of benzene rings is 2. The van der Waals surface area contributed by atoms with Gasteiger partial charge in [0, 0.05) is 15.5 Å². The molecule has 0 amide bonds. The van der Waals surface area contributed by atoms with Gasteiger partial charge in [-0.2, -0.15) is 8.42 Å². The molecule has 0 spiro atoms. The van der Waals surface area contributed by atoms with Crippen LogP contribution >= 0.6 is 27.5 Å². The third-order valence-electron chi connectivity index (χ3n) is 8.18. The summed E-state index contributed by atoms with van der Waals surface area (Å²) >= 11 is 10.1. The highest BCUT2D eigenvalue weighted by Gasteiger charge is 2.71. The van der Waals surface area contributed by atoms with Gasteiger partial charge in [0.1, 0.15) is 18.1 Å². The Labute approximate surface area is 218 Å². The average Bonchev–Trinajstić information content (AvgIpc) is 3.34. The normalized spacial score (nSPS) is 28.8. The van der Waals surface area contributed by atoms with Gasteiger partial charge in [-0.05, 0) is 66.5 Å². The predicted molar refractivity (Wildman–Crippen MR) is 136 cm³/mol. The minimum atomic E-state index is -3.88. The molecule has 35 heavy (non-hydrogen) atoms. The molecule has 0 radical (unpaired) electrons. The monoisotopic (exact) mass is 580 g/mol. The van der Waals surface area contributed by atoms with Crippen LogP contribution in [0.25, 0.3) is 0 Å². The van der Waals surface area contributed by atoms with Crippen molar-refractivity contribution in [1.82, 2.24) is 0 Å². The Balaban J connectivity index is 1.56. The maximum Gasteiger partial charge on any atom is 0.265 e. The lowest BCUT2D eigenvalue weighted by molar-refractivity contribution is -0.137. The lowest BCUT2D eigenvalue weighted by Gasteiger charge is -2.34. The Bertz CT molecular complexity index is 1350. The minimum Gasteiger partial charge on any atom is -0.484 e. The minimum absolute atomic E-state index is 0.187. The van der Waals surface area contributed by atoms with Gasteiger partial charge in [-0.15, -0.1) is 0 Å². The maximum absolute atomic E-state index is 13.8. The van der Waals surface area contributed by atoms with E-state index in [9.17, 15) is 18.0 Å². The van der Waals surface area contributed by atoms with Crippen LogP contribution in [0.2, 0.25) is 5.02 Å². The number of carbonyl (C=O) groups excluding carboxylic acids is 2. The SMILES string of the molecule is CC1(C)[C@@H]2CC[C@@]1(OS(C)(=O)=O)C(=O)C2c1cc(O[C@H]2CCc3c(Br)cccc32)c(Cl)cc1C=O. The van der Waals surface area contributed by atoms with Crippen LogP contribution in [0.5, 0.6) is 5.75 Å². The van der Waals surface area contributed by atoms with Crippen LogP contribution in [0, 0.1) is 11.3 Å². The second kappa shape index (κ2) is 8.40. The third-order valence-corrected chi connectivity index (χ3v) is 9.80. The number of hydrogen-bond donors (Lipinski definition) is 0. The molecule has 3 aliphatic rings. The first-order valence-corrected chi connectivity index (χ1v) is 14.6. The fraction of sp³-hybridized carbons (Fsp3) is 0.462. The quantitative estimate of drug-likeness (QED) is 0.317. The van der Waals surface area contributed by atoms with Gasteiger partial charge in [0.2, 0.25) is 0 Å². The van der Waals surface area contributed by atoms with Crippen molar-refractivity contribution in [2.75, 3.05) is 6.26 Å². The highest BCUT2D eigenvalue weighted by molar-refractivity contribution is 9.10. The number of Topliss-reactive ketones (excluding diaryl/α,β-unsaturated/α-hetero) is 1. The van der Waals surface area contributed by atoms with E-state index in [1.54, 1.807) is 6.07 Å². The first-order valence-electron chi connectivity index (χ1n) is 11.6. The number of ether oxygens (including phenoxy) is 1. The number of fused-ring (bicyclic) bond motifs is 3. The summed E-state index contributed by atoms with van der Waals surface area (Å²) in [5, 5.41) is 0.288. The average molecular weight is 582 g/mol. The molecule has 3 aliphatic carbocycles. The summed E-state index contributed by atoms with van der Waals surface area (Å²) < 4.78 is 37.1. The zero-order chi connectivity index (χ0) is 25.3. The second-order valence-electron chi connectivity index (χ2n) is 10.3. The smallest absolute Gasteiger partial charge is 0.265 e. The van der Waals surface area contributed by atoms with Crippen molar-refractivity contribution in [2.45, 2.75) is 57.2 Å². The van der Waals surface area contributed by atoms with Crippen LogP contribution in [0.3, 0.4) is 0 Å². The lowest BCUT2D eigenvalue weighted by Crippen LogP contribution is -2.48. The van der Waals surface area contributed by atoms with Crippen LogP contribution in [0.1, 0.15) is 72.2 Å². The van der Waals surface area contributed by atoms with E-state index in [1.165, 1.54) is 11.6 Å². The topological polar surface area (TPSA) is 86.7 Å². The molecule has 0 aromatic heterocycles. The molecule has 4 atom stereocenters. The van der Waals surface area contributed by atoms with Crippen molar-refractivity contribution in [3.63, 3.8) is 0 Å². The van der Waals surface area contributed by atoms with E-state index < -0.39 is 27.1 Å². The lowest BCUT2D eigenvalue weighted by atomic mass is 9.76. The van der Waals surface area contributed by atoms with Gasteiger partial charge in [-0.3, -0.25) is 13.8 Å². The Morgan fingerprint density at radius 2 is 1.91 bits per heavy atom. The molecule has 6 nitrogen and oxygen atoms in total. The number of carbonyl (C=O) groups is 2. The first-order chi connectivity index (χ1) is 16.4. The van der Waals surface area contributed by atoms with Crippen molar-refractivity contribution in [2.24, 2.45) is 11.3 Å². The Hall–Kier alpha value is -1.74. The zero-order valence-electron chi connectivity index (χ0n) is 19.6. The molecule has 2 aromatic rings. The van der Waals surface area contributed by atoms with E-state index in [0.717, 1.165) is 29.1 Å². The van der Waals surface area contributed by atoms with Gasteiger partial charge in [0.25, 0.3) is 10.1 Å².